The van der Waals surface area contributed by atoms with Gasteiger partial charge in [0.2, 0.25) is 0 Å². The number of esters is 3. The first-order valence-electron chi connectivity index (χ1n) is 31.3. The minimum absolute atomic E-state index is 0.0824. The topological polar surface area (TPSA) is 78.9 Å². The lowest BCUT2D eigenvalue weighted by Crippen LogP contribution is -2.30. The minimum atomic E-state index is -0.784. The summed E-state index contributed by atoms with van der Waals surface area (Å²) in [6, 6.07) is 0. The van der Waals surface area contributed by atoms with Gasteiger partial charge in [-0.25, -0.2) is 0 Å². The second-order valence-electron chi connectivity index (χ2n) is 20.9. The number of carbonyl (C=O) groups is 3. The molecule has 72 heavy (non-hydrogen) atoms. The van der Waals surface area contributed by atoms with Gasteiger partial charge in [-0.2, -0.15) is 0 Å². The lowest BCUT2D eigenvalue weighted by molar-refractivity contribution is -0.167. The molecule has 418 valence electrons. The Morgan fingerprint density at radius 3 is 0.861 bits per heavy atom. The van der Waals surface area contributed by atoms with Crippen LogP contribution >= 0.6 is 0 Å². The maximum absolute atomic E-state index is 12.8. The van der Waals surface area contributed by atoms with Crippen LogP contribution in [-0.2, 0) is 28.6 Å². The Labute approximate surface area is 447 Å². The van der Waals surface area contributed by atoms with E-state index in [1.807, 2.05) is 0 Å². The van der Waals surface area contributed by atoms with Crippen LogP contribution < -0.4 is 0 Å². The number of carbonyl (C=O) groups excluding carboxylic acids is 3. The molecule has 0 aromatic heterocycles. The molecule has 6 heteroatoms. The van der Waals surface area contributed by atoms with Gasteiger partial charge in [0.25, 0.3) is 0 Å². The lowest BCUT2D eigenvalue weighted by Gasteiger charge is -2.18. The zero-order valence-electron chi connectivity index (χ0n) is 47.9. The summed E-state index contributed by atoms with van der Waals surface area (Å²) >= 11 is 0. The molecule has 0 saturated carbocycles. The summed E-state index contributed by atoms with van der Waals surface area (Å²) in [6.07, 6.45) is 77.0. The standard InChI is InChI=1S/C66H118O6/c1-4-7-10-13-16-19-21-23-24-25-26-27-28-29-30-31-32-33-34-35-36-37-38-39-40-41-42-44-45-47-50-53-56-59-65(68)71-62-63(61-70-64(67)58-55-52-49-18-15-12-9-6-3)72-66(69)60-57-54-51-48-46-43-22-20-17-14-11-8-5-2/h8,11,17,20-21,23,25-26,43,46,63H,4-7,9-10,12-16,18-19,22,24,27-42,44-45,47-62H2,1-3H3/b11-8-,20-17-,23-21-,26-25-,46-43-. The fraction of sp³-hybridized carbons (Fsp3) is 0.803. The van der Waals surface area contributed by atoms with E-state index in [0.29, 0.717) is 19.3 Å². The van der Waals surface area contributed by atoms with Crippen LogP contribution in [0.3, 0.4) is 0 Å². The molecule has 0 radical (unpaired) electrons. The smallest absolute Gasteiger partial charge is 0.306 e. The van der Waals surface area contributed by atoms with Crippen LogP contribution in [0.2, 0.25) is 0 Å². The van der Waals surface area contributed by atoms with E-state index in [2.05, 4.69) is 81.5 Å². The van der Waals surface area contributed by atoms with E-state index in [4.69, 9.17) is 14.2 Å². The summed E-state index contributed by atoms with van der Waals surface area (Å²) in [5, 5.41) is 0. The third-order valence-electron chi connectivity index (χ3n) is 13.8. The van der Waals surface area contributed by atoms with Crippen molar-refractivity contribution in [1.82, 2.24) is 0 Å². The first-order chi connectivity index (χ1) is 35.5. The molecule has 0 spiro atoms. The quantitative estimate of drug-likeness (QED) is 0.0261. The first-order valence-corrected chi connectivity index (χ1v) is 31.3. The summed E-state index contributed by atoms with van der Waals surface area (Å²) in [6.45, 7) is 6.49. The molecular formula is C66H118O6. The highest BCUT2D eigenvalue weighted by atomic mass is 16.6. The van der Waals surface area contributed by atoms with Crippen LogP contribution in [0.15, 0.2) is 60.8 Å². The van der Waals surface area contributed by atoms with Crippen LogP contribution in [0.5, 0.6) is 0 Å². The molecule has 0 fully saturated rings. The van der Waals surface area contributed by atoms with Crippen LogP contribution in [0, 0.1) is 0 Å². The van der Waals surface area contributed by atoms with Gasteiger partial charge in [0, 0.05) is 19.3 Å². The van der Waals surface area contributed by atoms with Crippen molar-refractivity contribution in [3.8, 4) is 0 Å². The monoisotopic (exact) mass is 1010 g/mol. The van der Waals surface area contributed by atoms with Gasteiger partial charge in [-0.1, -0.05) is 281 Å². The summed E-state index contributed by atoms with van der Waals surface area (Å²) in [5.74, 6) is -0.905. The van der Waals surface area contributed by atoms with Crippen molar-refractivity contribution in [3.05, 3.63) is 60.8 Å². The van der Waals surface area contributed by atoms with Gasteiger partial charge >= 0.3 is 17.9 Å². The second-order valence-corrected chi connectivity index (χ2v) is 20.9. The highest BCUT2D eigenvalue weighted by molar-refractivity contribution is 5.71. The Kier molecular flexibility index (Phi) is 58.2. The van der Waals surface area contributed by atoms with Gasteiger partial charge in [0.1, 0.15) is 13.2 Å². The number of hydrogen-bond donors (Lipinski definition) is 0. The normalized spacial score (nSPS) is 12.4. The molecule has 0 rings (SSSR count). The Bertz CT molecular complexity index is 1290. The third kappa shape index (κ3) is 58.0. The van der Waals surface area contributed by atoms with Crippen molar-refractivity contribution in [3.63, 3.8) is 0 Å². The van der Waals surface area contributed by atoms with Gasteiger partial charge in [0.15, 0.2) is 6.10 Å². The average molecular weight is 1010 g/mol. The number of allylic oxidation sites excluding steroid dienone is 10. The van der Waals surface area contributed by atoms with Crippen molar-refractivity contribution >= 4 is 17.9 Å². The predicted octanol–water partition coefficient (Wildman–Crippen LogP) is 21.2. The molecule has 1 atom stereocenters. The Balaban J connectivity index is 3.98. The molecule has 6 nitrogen and oxygen atoms in total. The van der Waals surface area contributed by atoms with Gasteiger partial charge in [-0.3, -0.25) is 14.4 Å². The van der Waals surface area contributed by atoms with E-state index in [1.165, 1.54) is 193 Å². The highest BCUT2D eigenvalue weighted by Crippen LogP contribution is 2.17. The van der Waals surface area contributed by atoms with Crippen molar-refractivity contribution in [2.24, 2.45) is 0 Å². The number of ether oxygens (including phenoxy) is 3. The summed E-state index contributed by atoms with van der Waals surface area (Å²) < 4.78 is 16.8. The number of rotatable bonds is 57. The second kappa shape index (κ2) is 60.7. The Morgan fingerprint density at radius 1 is 0.292 bits per heavy atom. The molecular weight excluding hydrogens is 889 g/mol. The fourth-order valence-electron chi connectivity index (χ4n) is 9.08. The van der Waals surface area contributed by atoms with Crippen LogP contribution in [0.1, 0.15) is 323 Å². The van der Waals surface area contributed by atoms with Crippen LogP contribution in [-0.4, -0.2) is 37.2 Å². The summed E-state index contributed by atoms with van der Waals surface area (Å²) in [7, 11) is 0. The maximum atomic E-state index is 12.8. The van der Waals surface area contributed by atoms with E-state index in [1.54, 1.807) is 0 Å². The molecule has 0 aliphatic rings. The molecule has 0 aliphatic heterocycles. The molecule has 0 aromatic carbocycles. The maximum Gasteiger partial charge on any atom is 0.306 e. The van der Waals surface area contributed by atoms with E-state index < -0.39 is 6.10 Å². The number of unbranched alkanes of at least 4 members (excludes halogenated alkanes) is 36. The fourth-order valence-corrected chi connectivity index (χ4v) is 9.08. The van der Waals surface area contributed by atoms with Crippen molar-refractivity contribution in [2.75, 3.05) is 13.2 Å². The van der Waals surface area contributed by atoms with Crippen molar-refractivity contribution in [1.29, 1.82) is 0 Å². The van der Waals surface area contributed by atoms with Crippen molar-refractivity contribution in [2.45, 2.75) is 329 Å². The van der Waals surface area contributed by atoms with Crippen LogP contribution in [0.25, 0.3) is 0 Å². The highest BCUT2D eigenvalue weighted by Gasteiger charge is 2.19. The molecule has 0 amide bonds. The van der Waals surface area contributed by atoms with Gasteiger partial charge in [-0.15, -0.1) is 0 Å². The molecule has 0 heterocycles. The minimum Gasteiger partial charge on any atom is -0.462 e. The molecule has 1 unspecified atom stereocenters. The Morgan fingerprint density at radius 2 is 0.542 bits per heavy atom. The van der Waals surface area contributed by atoms with Gasteiger partial charge in [0.05, 0.1) is 0 Å². The SMILES string of the molecule is CC/C=C\C/C=C\C/C=C\CCCCCC(=O)OC(COC(=O)CCCCCCCCCC)COC(=O)CCCCCCCCCCCCCCCCCCCCCCC/C=C\C/C=C\CCCCCCC. The van der Waals surface area contributed by atoms with Crippen molar-refractivity contribution < 1.29 is 28.6 Å². The lowest BCUT2D eigenvalue weighted by atomic mass is 10.0. The molecule has 0 saturated heterocycles. The zero-order chi connectivity index (χ0) is 52.2. The van der Waals surface area contributed by atoms with E-state index in [9.17, 15) is 14.4 Å². The molecule has 0 N–H and O–H groups in total. The average Bonchev–Trinajstić information content (AvgIpc) is 3.38. The zero-order valence-corrected chi connectivity index (χ0v) is 47.9. The van der Waals surface area contributed by atoms with E-state index >= 15 is 0 Å². The molecule has 0 bridgehead atoms. The first kappa shape index (κ1) is 69.1. The summed E-state index contributed by atoms with van der Waals surface area (Å²) in [4.78, 5) is 38.0. The summed E-state index contributed by atoms with van der Waals surface area (Å²) in [5.41, 5.74) is 0. The number of hydrogen-bond acceptors (Lipinski definition) is 6. The largest absolute Gasteiger partial charge is 0.462 e. The van der Waals surface area contributed by atoms with E-state index in [0.717, 1.165) is 89.9 Å². The Hall–Kier alpha value is -2.89. The molecule has 0 aliphatic carbocycles. The van der Waals surface area contributed by atoms with Gasteiger partial charge in [-0.05, 0) is 83.5 Å². The molecule has 0 aromatic rings. The van der Waals surface area contributed by atoms with E-state index in [-0.39, 0.29) is 31.1 Å². The van der Waals surface area contributed by atoms with Gasteiger partial charge < -0.3 is 14.2 Å². The third-order valence-corrected chi connectivity index (χ3v) is 13.8. The predicted molar refractivity (Wildman–Crippen MR) is 312 cm³/mol. The van der Waals surface area contributed by atoms with Crippen LogP contribution in [0.4, 0.5) is 0 Å².